The van der Waals surface area contributed by atoms with Gasteiger partial charge in [-0.15, -0.1) is 0 Å². The van der Waals surface area contributed by atoms with E-state index >= 15 is 0 Å². The Morgan fingerprint density at radius 3 is 2.62 bits per heavy atom. The SMILES string of the molecule is CC(C)CNCc1ccc(Br)cc1Sc1ccccc1F. The van der Waals surface area contributed by atoms with E-state index in [1.807, 2.05) is 24.3 Å². The summed E-state index contributed by atoms with van der Waals surface area (Å²) >= 11 is 4.96. The highest BCUT2D eigenvalue weighted by Crippen LogP contribution is 2.34. The molecule has 0 fully saturated rings. The lowest BCUT2D eigenvalue weighted by Crippen LogP contribution is -2.19. The quantitative estimate of drug-likeness (QED) is 0.724. The third-order valence-corrected chi connectivity index (χ3v) is 4.60. The van der Waals surface area contributed by atoms with Gasteiger partial charge < -0.3 is 5.32 Å². The predicted molar refractivity (Wildman–Crippen MR) is 91.2 cm³/mol. The zero-order valence-electron chi connectivity index (χ0n) is 12.2. The van der Waals surface area contributed by atoms with E-state index in [0.29, 0.717) is 10.8 Å². The molecule has 0 aromatic heterocycles. The minimum Gasteiger partial charge on any atom is -0.312 e. The first kappa shape index (κ1) is 16.5. The Balaban J connectivity index is 2.17. The Labute approximate surface area is 138 Å². The zero-order valence-corrected chi connectivity index (χ0v) is 14.6. The van der Waals surface area contributed by atoms with Crippen molar-refractivity contribution in [1.82, 2.24) is 5.32 Å². The highest BCUT2D eigenvalue weighted by Gasteiger charge is 2.08. The van der Waals surface area contributed by atoms with Crippen molar-refractivity contribution in [3.63, 3.8) is 0 Å². The van der Waals surface area contributed by atoms with Crippen molar-refractivity contribution >= 4 is 27.7 Å². The second-order valence-corrected chi connectivity index (χ2v) is 7.31. The van der Waals surface area contributed by atoms with Gasteiger partial charge >= 0.3 is 0 Å². The molecule has 4 heteroatoms. The molecule has 1 N–H and O–H groups in total. The summed E-state index contributed by atoms with van der Waals surface area (Å²) < 4.78 is 14.8. The van der Waals surface area contributed by atoms with E-state index < -0.39 is 0 Å². The van der Waals surface area contributed by atoms with E-state index in [1.54, 1.807) is 6.07 Å². The van der Waals surface area contributed by atoms with Crippen LogP contribution in [0.4, 0.5) is 4.39 Å². The summed E-state index contributed by atoms with van der Waals surface area (Å²) in [5.41, 5.74) is 1.19. The van der Waals surface area contributed by atoms with Crippen LogP contribution in [-0.2, 0) is 6.54 Å². The van der Waals surface area contributed by atoms with Gasteiger partial charge in [-0.1, -0.05) is 59.7 Å². The number of hydrogen-bond donors (Lipinski definition) is 1. The Morgan fingerprint density at radius 1 is 1.14 bits per heavy atom. The van der Waals surface area contributed by atoms with Crippen molar-refractivity contribution in [3.05, 3.63) is 58.3 Å². The third kappa shape index (κ3) is 5.13. The molecule has 0 heterocycles. The molecule has 0 unspecified atom stereocenters. The van der Waals surface area contributed by atoms with E-state index in [1.165, 1.54) is 23.4 Å². The first-order valence-corrected chi connectivity index (χ1v) is 8.58. The smallest absolute Gasteiger partial charge is 0.137 e. The van der Waals surface area contributed by atoms with E-state index in [0.717, 1.165) is 22.5 Å². The number of nitrogens with one attached hydrogen (secondary N) is 1. The summed E-state index contributed by atoms with van der Waals surface area (Å²) in [5.74, 6) is 0.437. The van der Waals surface area contributed by atoms with Crippen LogP contribution < -0.4 is 5.32 Å². The van der Waals surface area contributed by atoms with Crippen molar-refractivity contribution in [3.8, 4) is 0 Å². The molecule has 0 aliphatic rings. The molecule has 0 aliphatic heterocycles. The van der Waals surface area contributed by atoms with Crippen LogP contribution in [0.2, 0.25) is 0 Å². The lowest BCUT2D eigenvalue weighted by molar-refractivity contribution is 0.550. The first-order valence-electron chi connectivity index (χ1n) is 6.98. The molecule has 0 bridgehead atoms. The fourth-order valence-corrected chi connectivity index (χ4v) is 3.43. The van der Waals surface area contributed by atoms with E-state index in [9.17, 15) is 4.39 Å². The number of halogens is 2. The molecule has 2 rings (SSSR count). The van der Waals surface area contributed by atoms with Crippen LogP contribution in [0.3, 0.4) is 0 Å². The van der Waals surface area contributed by atoms with Crippen LogP contribution in [0, 0.1) is 11.7 Å². The molecule has 0 spiro atoms. The summed E-state index contributed by atoms with van der Waals surface area (Å²) in [6, 6.07) is 13.0. The third-order valence-electron chi connectivity index (χ3n) is 2.95. The largest absolute Gasteiger partial charge is 0.312 e. The molecule has 21 heavy (non-hydrogen) atoms. The van der Waals surface area contributed by atoms with Gasteiger partial charge in [0.25, 0.3) is 0 Å². The minimum atomic E-state index is -0.177. The van der Waals surface area contributed by atoms with Crippen molar-refractivity contribution in [2.75, 3.05) is 6.54 Å². The van der Waals surface area contributed by atoms with Gasteiger partial charge in [-0.05, 0) is 42.3 Å². The summed E-state index contributed by atoms with van der Waals surface area (Å²) in [6.45, 7) is 6.13. The van der Waals surface area contributed by atoms with Crippen LogP contribution in [0.1, 0.15) is 19.4 Å². The average molecular weight is 368 g/mol. The van der Waals surface area contributed by atoms with Gasteiger partial charge in [-0.3, -0.25) is 0 Å². The van der Waals surface area contributed by atoms with Crippen LogP contribution in [0.15, 0.2) is 56.7 Å². The summed E-state index contributed by atoms with van der Waals surface area (Å²) in [4.78, 5) is 1.73. The monoisotopic (exact) mass is 367 g/mol. The fraction of sp³-hybridized carbons (Fsp3) is 0.294. The molecular formula is C17H19BrFNS. The van der Waals surface area contributed by atoms with E-state index in [-0.39, 0.29) is 5.82 Å². The molecule has 0 atom stereocenters. The maximum Gasteiger partial charge on any atom is 0.137 e. The van der Waals surface area contributed by atoms with Gasteiger partial charge in [-0.25, -0.2) is 4.39 Å². The van der Waals surface area contributed by atoms with Gasteiger partial charge in [0.2, 0.25) is 0 Å². The summed E-state index contributed by atoms with van der Waals surface area (Å²) in [6.07, 6.45) is 0. The van der Waals surface area contributed by atoms with Crippen LogP contribution in [0.25, 0.3) is 0 Å². The molecular weight excluding hydrogens is 349 g/mol. The Kier molecular flexibility index (Phi) is 6.27. The molecule has 0 amide bonds. The van der Waals surface area contributed by atoms with Crippen molar-refractivity contribution < 1.29 is 4.39 Å². The second-order valence-electron chi connectivity index (χ2n) is 5.31. The molecule has 2 aromatic rings. The lowest BCUT2D eigenvalue weighted by atomic mass is 10.2. The number of hydrogen-bond acceptors (Lipinski definition) is 2. The molecule has 1 nitrogen and oxygen atoms in total. The molecule has 2 aromatic carbocycles. The normalized spacial score (nSPS) is 11.1. The molecule has 0 saturated carbocycles. The van der Waals surface area contributed by atoms with Gasteiger partial charge in [0.1, 0.15) is 5.82 Å². The van der Waals surface area contributed by atoms with Crippen molar-refractivity contribution in [2.45, 2.75) is 30.2 Å². The summed E-state index contributed by atoms with van der Waals surface area (Å²) in [5, 5.41) is 3.44. The van der Waals surface area contributed by atoms with Gasteiger partial charge in [-0.2, -0.15) is 0 Å². The topological polar surface area (TPSA) is 12.0 Å². The van der Waals surface area contributed by atoms with Crippen LogP contribution in [-0.4, -0.2) is 6.54 Å². The van der Waals surface area contributed by atoms with Gasteiger partial charge in [0.05, 0.1) is 0 Å². The van der Waals surface area contributed by atoms with E-state index in [4.69, 9.17) is 0 Å². The predicted octanol–water partition coefficient (Wildman–Crippen LogP) is 5.49. The Bertz CT molecular complexity index is 601. The first-order chi connectivity index (χ1) is 10.1. The van der Waals surface area contributed by atoms with Crippen molar-refractivity contribution in [1.29, 1.82) is 0 Å². The van der Waals surface area contributed by atoms with Crippen molar-refractivity contribution in [2.24, 2.45) is 5.92 Å². The standard InChI is InChI=1S/C17H19BrFNS/c1-12(2)10-20-11-13-7-8-14(18)9-17(13)21-16-6-4-3-5-15(16)19/h3-9,12,20H,10-11H2,1-2H3. The lowest BCUT2D eigenvalue weighted by Gasteiger charge is -2.12. The minimum absolute atomic E-state index is 0.177. The highest BCUT2D eigenvalue weighted by molar-refractivity contribution is 9.10. The van der Waals surface area contributed by atoms with Gasteiger partial charge in [0, 0.05) is 20.8 Å². The maximum atomic E-state index is 13.8. The second kappa shape index (κ2) is 7.97. The highest BCUT2D eigenvalue weighted by atomic mass is 79.9. The van der Waals surface area contributed by atoms with E-state index in [2.05, 4.69) is 41.2 Å². The average Bonchev–Trinajstić information content (AvgIpc) is 2.43. The molecule has 112 valence electrons. The van der Waals surface area contributed by atoms with Gasteiger partial charge in [0.15, 0.2) is 0 Å². The number of rotatable bonds is 6. The van der Waals surface area contributed by atoms with Crippen LogP contribution >= 0.6 is 27.7 Å². The molecule has 0 saturated heterocycles. The summed E-state index contributed by atoms with van der Waals surface area (Å²) in [7, 11) is 0. The molecule has 0 aliphatic carbocycles. The Hall–Kier alpha value is -0.840. The zero-order chi connectivity index (χ0) is 15.2. The number of benzene rings is 2. The maximum absolute atomic E-state index is 13.8. The fourth-order valence-electron chi connectivity index (χ4n) is 1.91. The molecule has 0 radical (unpaired) electrons. The van der Waals surface area contributed by atoms with Crippen LogP contribution in [0.5, 0.6) is 0 Å². The Morgan fingerprint density at radius 2 is 1.90 bits per heavy atom.